The molecule has 96 valence electrons. The minimum atomic E-state index is 0.566. The molecule has 0 radical (unpaired) electrons. The molecule has 1 aromatic carbocycles. The average molecular weight is 234 g/mol. The number of benzene rings is 1. The van der Waals surface area contributed by atoms with Crippen molar-refractivity contribution in [3.8, 4) is 0 Å². The number of hydrogen-bond acceptors (Lipinski definition) is 2. The van der Waals surface area contributed by atoms with Crippen molar-refractivity contribution < 1.29 is 0 Å². The van der Waals surface area contributed by atoms with Crippen LogP contribution in [0.2, 0.25) is 0 Å². The predicted molar refractivity (Wildman–Crippen MR) is 74.8 cm³/mol. The summed E-state index contributed by atoms with van der Waals surface area (Å²) in [6, 6.07) is 11.2. The van der Waals surface area contributed by atoms with Crippen LogP contribution in [-0.4, -0.2) is 24.0 Å². The number of rotatable bonds is 7. The van der Waals surface area contributed by atoms with Crippen molar-refractivity contribution in [2.24, 2.45) is 11.7 Å². The fourth-order valence-corrected chi connectivity index (χ4v) is 1.98. The molecule has 1 unspecified atom stereocenters. The second-order valence-electron chi connectivity index (χ2n) is 5.02. The Bertz CT molecular complexity index is 291. The Hall–Kier alpha value is -0.860. The van der Waals surface area contributed by atoms with E-state index in [-0.39, 0.29) is 0 Å². The molecule has 0 saturated heterocycles. The Balaban J connectivity index is 2.60. The van der Waals surface area contributed by atoms with Gasteiger partial charge in [-0.1, -0.05) is 43.7 Å². The molecule has 1 atom stereocenters. The fourth-order valence-electron chi connectivity index (χ4n) is 1.98. The molecule has 0 aromatic heterocycles. The lowest BCUT2D eigenvalue weighted by molar-refractivity contribution is 0.178. The van der Waals surface area contributed by atoms with Crippen molar-refractivity contribution in [3.05, 3.63) is 35.9 Å². The van der Waals surface area contributed by atoms with Crippen LogP contribution in [0.1, 0.15) is 32.8 Å². The van der Waals surface area contributed by atoms with Crippen LogP contribution in [0.4, 0.5) is 0 Å². The van der Waals surface area contributed by atoms with E-state index in [1.54, 1.807) is 0 Å². The van der Waals surface area contributed by atoms with Gasteiger partial charge in [-0.05, 0) is 31.9 Å². The van der Waals surface area contributed by atoms with E-state index in [0.29, 0.717) is 12.0 Å². The Kier molecular flexibility index (Phi) is 6.23. The molecule has 2 nitrogen and oxygen atoms in total. The molecule has 0 heterocycles. The van der Waals surface area contributed by atoms with E-state index in [0.717, 1.165) is 26.1 Å². The summed E-state index contributed by atoms with van der Waals surface area (Å²) >= 11 is 0. The molecule has 0 bridgehead atoms. The van der Waals surface area contributed by atoms with Crippen LogP contribution >= 0.6 is 0 Å². The lowest BCUT2D eigenvalue weighted by atomic mass is 10.0. The Morgan fingerprint density at radius 1 is 1.18 bits per heavy atom. The van der Waals surface area contributed by atoms with Gasteiger partial charge in [-0.25, -0.2) is 0 Å². The monoisotopic (exact) mass is 234 g/mol. The highest BCUT2D eigenvalue weighted by Crippen LogP contribution is 2.12. The Morgan fingerprint density at radius 3 is 2.29 bits per heavy atom. The second kappa shape index (κ2) is 7.46. The van der Waals surface area contributed by atoms with E-state index < -0.39 is 0 Å². The van der Waals surface area contributed by atoms with Gasteiger partial charge in [-0.2, -0.15) is 0 Å². The average Bonchev–Trinajstić information content (AvgIpc) is 2.35. The lowest BCUT2D eigenvalue weighted by Gasteiger charge is -2.30. The summed E-state index contributed by atoms with van der Waals surface area (Å²) in [4.78, 5) is 2.51. The summed E-state index contributed by atoms with van der Waals surface area (Å²) in [5.74, 6) is 0.612. The van der Waals surface area contributed by atoms with Gasteiger partial charge in [0.05, 0.1) is 0 Å². The van der Waals surface area contributed by atoms with Gasteiger partial charge in [-0.15, -0.1) is 0 Å². The van der Waals surface area contributed by atoms with Gasteiger partial charge >= 0.3 is 0 Å². The van der Waals surface area contributed by atoms with Crippen LogP contribution in [-0.2, 0) is 6.54 Å². The quantitative estimate of drug-likeness (QED) is 0.786. The Labute approximate surface area is 106 Å². The minimum Gasteiger partial charge on any atom is -0.330 e. The van der Waals surface area contributed by atoms with E-state index in [1.807, 2.05) is 0 Å². The van der Waals surface area contributed by atoms with E-state index in [4.69, 9.17) is 5.73 Å². The standard InChI is InChI=1S/C15H26N2/c1-4-14(10-16)11-17(13(2)3)12-15-8-6-5-7-9-15/h5-9,13-14H,4,10-12,16H2,1-3H3. The maximum atomic E-state index is 5.80. The highest BCUT2D eigenvalue weighted by atomic mass is 15.1. The summed E-state index contributed by atoms with van der Waals surface area (Å²) in [6.07, 6.45) is 1.16. The molecule has 2 heteroatoms. The van der Waals surface area contributed by atoms with Crippen molar-refractivity contribution >= 4 is 0 Å². The van der Waals surface area contributed by atoms with E-state index in [1.165, 1.54) is 5.56 Å². The van der Waals surface area contributed by atoms with E-state index in [9.17, 15) is 0 Å². The summed E-state index contributed by atoms with van der Waals surface area (Å²) in [6.45, 7) is 9.64. The van der Waals surface area contributed by atoms with Gasteiger partial charge in [0.25, 0.3) is 0 Å². The van der Waals surface area contributed by atoms with Crippen LogP contribution in [0.15, 0.2) is 30.3 Å². The van der Waals surface area contributed by atoms with Gasteiger partial charge in [-0.3, -0.25) is 4.90 Å². The molecule has 0 amide bonds. The molecule has 0 saturated carbocycles. The number of hydrogen-bond donors (Lipinski definition) is 1. The summed E-state index contributed by atoms with van der Waals surface area (Å²) in [5, 5.41) is 0. The first-order chi connectivity index (χ1) is 8.17. The van der Waals surface area contributed by atoms with Crippen LogP contribution in [0.25, 0.3) is 0 Å². The van der Waals surface area contributed by atoms with Crippen LogP contribution in [0.5, 0.6) is 0 Å². The lowest BCUT2D eigenvalue weighted by Crippen LogP contribution is -2.37. The highest BCUT2D eigenvalue weighted by molar-refractivity contribution is 5.14. The third-order valence-corrected chi connectivity index (χ3v) is 3.36. The SMILES string of the molecule is CCC(CN)CN(Cc1ccccc1)C(C)C. The van der Waals surface area contributed by atoms with Crippen molar-refractivity contribution in [2.75, 3.05) is 13.1 Å². The van der Waals surface area contributed by atoms with Crippen LogP contribution < -0.4 is 5.73 Å². The smallest absolute Gasteiger partial charge is 0.0236 e. The third kappa shape index (κ3) is 4.88. The van der Waals surface area contributed by atoms with E-state index in [2.05, 4.69) is 56.0 Å². The maximum absolute atomic E-state index is 5.80. The Morgan fingerprint density at radius 2 is 1.82 bits per heavy atom. The maximum Gasteiger partial charge on any atom is 0.0236 e. The normalized spacial score (nSPS) is 13.3. The minimum absolute atomic E-state index is 0.566. The predicted octanol–water partition coefficient (Wildman–Crippen LogP) is 2.88. The molecular weight excluding hydrogens is 208 g/mol. The van der Waals surface area contributed by atoms with Gasteiger partial charge < -0.3 is 5.73 Å². The summed E-state index contributed by atoms with van der Waals surface area (Å²) in [5.41, 5.74) is 7.18. The molecule has 0 aliphatic carbocycles. The zero-order chi connectivity index (χ0) is 12.7. The van der Waals surface area contributed by atoms with Gasteiger partial charge in [0, 0.05) is 19.1 Å². The first-order valence-corrected chi connectivity index (χ1v) is 6.65. The molecule has 0 aliphatic rings. The summed E-state index contributed by atoms with van der Waals surface area (Å²) in [7, 11) is 0. The molecule has 1 rings (SSSR count). The molecule has 17 heavy (non-hydrogen) atoms. The number of nitrogens with two attached hydrogens (primary N) is 1. The molecule has 0 aliphatic heterocycles. The molecule has 2 N–H and O–H groups in total. The molecule has 1 aromatic rings. The van der Waals surface area contributed by atoms with E-state index >= 15 is 0 Å². The summed E-state index contributed by atoms with van der Waals surface area (Å²) < 4.78 is 0. The van der Waals surface area contributed by atoms with Gasteiger partial charge in [0.2, 0.25) is 0 Å². The van der Waals surface area contributed by atoms with Crippen molar-refractivity contribution in [3.63, 3.8) is 0 Å². The van der Waals surface area contributed by atoms with Crippen molar-refractivity contribution in [1.29, 1.82) is 0 Å². The van der Waals surface area contributed by atoms with Crippen LogP contribution in [0.3, 0.4) is 0 Å². The third-order valence-electron chi connectivity index (χ3n) is 3.36. The largest absolute Gasteiger partial charge is 0.330 e. The topological polar surface area (TPSA) is 29.3 Å². The van der Waals surface area contributed by atoms with Gasteiger partial charge in [0.1, 0.15) is 0 Å². The van der Waals surface area contributed by atoms with Crippen molar-refractivity contribution in [2.45, 2.75) is 39.8 Å². The molecular formula is C15H26N2. The zero-order valence-corrected chi connectivity index (χ0v) is 11.4. The van der Waals surface area contributed by atoms with Crippen LogP contribution in [0, 0.1) is 5.92 Å². The first-order valence-electron chi connectivity index (χ1n) is 6.65. The zero-order valence-electron chi connectivity index (χ0n) is 11.4. The molecule has 0 fully saturated rings. The fraction of sp³-hybridized carbons (Fsp3) is 0.600. The van der Waals surface area contributed by atoms with Crippen molar-refractivity contribution in [1.82, 2.24) is 4.90 Å². The highest BCUT2D eigenvalue weighted by Gasteiger charge is 2.14. The first kappa shape index (κ1) is 14.2. The second-order valence-corrected chi connectivity index (χ2v) is 5.02. The van der Waals surface area contributed by atoms with Gasteiger partial charge in [0.15, 0.2) is 0 Å². The molecule has 0 spiro atoms. The number of nitrogens with zero attached hydrogens (tertiary/aromatic N) is 1.